The van der Waals surface area contributed by atoms with Gasteiger partial charge in [-0.15, -0.1) is 0 Å². The standard InChI is InChI=1S/C19H26N2O4/c1-12(2)21-16(22)11-25-18-14(9-6-10-15(18)24-3)17(21)19(23)20-13-7-4-5-8-13/h6,9-10,12-13,17H,4-5,7-8,11H2,1-3H3,(H,20,23). The molecule has 1 heterocycles. The van der Waals surface area contributed by atoms with Gasteiger partial charge in [-0.2, -0.15) is 0 Å². The van der Waals surface area contributed by atoms with E-state index in [2.05, 4.69) is 5.32 Å². The fourth-order valence-electron chi connectivity index (χ4n) is 3.77. The highest BCUT2D eigenvalue weighted by Crippen LogP contribution is 2.40. The van der Waals surface area contributed by atoms with Gasteiger partial charge in [0.2, 0.25) is 5.91 Å². The van der Waals surface area contributed by atoms with E-state index in [0.29, 0.717) is 17.1 Å². The zero-order valence-electron chi connectivity index (χ0n) is 15.1. The van der Waals surface area contributed by atoms with Crippen molar-refractivity contribution in [1.29, 1.82) is 0 Å². The minimum Gasteiger partial charge on any atom is -0.493 e. The van der Waals surface area contributed by atoms with Crippen molar-refractivity contribution in [2.45, 2.75) is 57.7 Å². The molecule has 0 saturated heterocycles. The molecule has 2 aliphatic rings. The lowest BCUT2D eigenvalue weighted by atomic mass is 10.0. The molecular formula is C19H26N2O4. The molecule has 1 fully saturated rings. The quantitative estimate of drug-likeness (QED) is 0.909. The summed E-state index contributed by atoms with van der Waals surface area (Å²) < 4.78 is 11.1. The number of rotatable bonds is 4. The molecule has 1 aromatic carbocycles. The van der Waals surface area contributed by atoms with Crippen LogP contribution in [0.3, 0.4) is 0 Å². The van der Waals surface area contributed by atoms with E-state index in [1.807, 2.05) is 26.0 Å². The molecule has 1 saturated carbocycles. The third-order valence-electron chi connectivity index (χ3n) is 4.94. The Balaban J connectivity index is 2.02. The number of methoxy groups -OCH3 is 1. The Morgan fingerprint density at radius 1 is 1.32 bits per heavy atom. The van der Waals surface area contributed by atoms with Gasteiger partial charge >= 0.3 is 0 Å². The van der Waals surface area contributed by atoms with Crippen molar-refractivity contribution in [2.75, 3.05) is 13.7 Å². The molecule has 0 spiro atoms. The molecule has 25 heavy (non-hydrogen) atoms. The topological polar surface area (TPSA) is 67.9 Å². The Hall–Kier alpha value is -2.24. The van der Waals surface area contributed by atoms with Gasteiger partial charge in [-0.05, 0) is 32.8 Å². The molecule has 6 nitrogen and oxygen atoms in total. The number of ether oxygens (including phenoxy) is 2. The first-order chi connectivity index (χ1) is 12.0. The van der Waals surface area contributed by atoms with Crippen LogP contribution < -0.4 is 14.8 Å². The van der Waals surface area contributed by atoms with Crippen LogP contribution in [0, 0.1) is 0 Å². The maximum Gasteiger partial charge on any atom is 0.261 e. The SMILES string of the molecule is COc1cccc2c1OCC(=O)N(C(C)C)C2C(=O)NC1CCCC1. The average molecular weight is 346 g/mol. The number of carbonyl (C=O) groups is 2. The molecule has 0 bridgehead atoms. The molecule has 136 valence electrons. The second-order valence-electron chi connectivity index (χ2n) is 6.95. The molecule has 1 aliphatic carbocycles. The molecule has 2 amide bonds. The number of para-hydroxylation sites is 1. The van der Waals surface area contributed by atoms with E-state index in [9.17, 15) is 9.59 Å². The van der Waals surface area contributed by atoms with Crippen LogP contribution in [0.25, 0.3) is 0 Å². The van der Waals surface area contributed by atoms with E-state index < -0.39 is 6.04 Å². The van der Waals surface area contributed by atoms with Gasteiger partial charge in [0.25, 0.3) is 5.91 Å². The van der Waals surface area contributed by atoms with E-state index in [0.717, 1.165) is 25.7 Å². The Morgan fingerprint density at radius 3 is 2.68 bits per heavy atom. The lowest BCUT2D eigenvalue weighted by molar-refractivity contribution is -0.143. The predicted octanol–water partition coefficient (Wildman–Crippen LogP) is 2.42. The first-order valence-corrected chi connectivity index (χ1v) is 8.94. The van der Waals surface area contributed by atoms with Gasteiger partial charge in [0.1, 0.15) is 6.04 Å². The average Bonchev–Trinajstić information content (AvgIpc) is 3.03. The van der Waals surface area contributed by atoms with Gasteiger partial charge in [0.15, 0.2) is 18.1 Å². The van der Waals surface area contributed by atoms with E-state index in [1.54, 1.807) is 18.1 Å². The van der Waals surface area contributed by atoms with Gasteiger partial charge in [0, 0.05) is 17.6 Å². The van der Waals surface area contributed by atoms with Gasteiger partial charge in [0.05, 0.1) is 7.11 Å². The van der Waals surface area contributed by atoms with Crippen LogP contribution in [0.15, 0.2) is 18.2 Å². The molecule has 6 heteroatoms. The summed E-state index contributed by atoms with van der Waals surface area (Å²) in [5, 5.41) is 3.13. The van der Waals surface area contributed by atoms with Crippen molar-refractivity contribution in [2.24, 2.45) is 0 Å². The largest absolute Gasteiger partial charge is 0.493 e. The van der Waals surface area contributed by atoms with Crippen molar-refractivity contribution < 1.29 is 19.1 Å². The zero-order chi connectivity index (χ0) is 18.0. The number of benzene rings is 1. The molecular weight excluding hydrogens is 320 g/mol. The van der Waals surface area contributed by atoms with Crippen LogP contribution in [-0.2, 0) is 9.59 Å². The zero-order valence-corrected chi connectivity index (χ0v) is 15.1. The van der Waals surface area contributed by atoms with Crippen LogP contribution in [0.4, 0.5) is 0 Å². The molecule has 1 N–H and O–H groups in total. The highest BCUT2D eigenvalue weighted by molar-refractivity contribution is 5.91. The van der Waals surface area contributed by atoms with Crippen LogP contribution in [0.2, 0.25) is 0 Å². The van der Waals surface area contributed by atoms with Crippen molar-refractivity contribution in [3.63, 3.8) is 0 Å². The number of hydrogen-bond acceptors (Lipinski definition) is 4. The van der Waals surface area contributed by atoms with E-state index in [1.165, 1.54) is 0 Å². The van der Waals surface area contributed by atoms with Crippen molar-refractivity contribution in [3.05, 3.63) is 23.8 Å². The maximum absolute atomic E-state index is 13.1. The van der Waals surface area contributed by atoms with Crippen LogP contribution in [0.1, 0.15) is 51.1 Å². The minimum atomic E-state index is -0.708. The van der Waals surface area contributed by atoms with Crippen molar-refractivity contribution in [1.82, 2.24) is 10.2 Å². The second-order valence-corrected chi connectivity index (χ2v) is 6.95. The lowest BCUT2D eigenvalue weighted by Gasteiger charge is -2.33. The summed E-state index contributed by atoms with van der Waals surface area (Å²) in [4.78, 5) is 27.4. The number of nitrogens with zero attached hydrogens (tertiary/aromatic N) is 1. The van der Waals surface area contributed by atoms with Crippen LogP contribution in [0.5, 0.6) is 11.5 Å². The van der Waals surface area contributed by atoms with E-state index >= 15 is 0 Å². The highest BCUT2D eigenvalue weighted by Gasteiger charge is 2.39. The van der Waals surface area contributed by atoms with Crippen LogP contribution >= 0.6 is 0 Å². The maximum atomic E-state index is 13.1. The normalized spacial score (nSPS) is 20.9. The Labute approximate surface area is 148 Å². The molecule has 0 aromatic heterocycles. The number of amides is 2. The predicted molar refractivity (Wildman–Crippen MR) is 93.6 cm³/mol. The smallest absolute Gasteiger partial charge is 0.261 e. The number of fused-ring (bicyclic) bond motifs is 1. The summed E-state index contributed by atoms with van der Waals surface area (Å²) in [6.45, 7) is 3.73. The third-order valence-corrected chi connectivity index (χ3v) is 4.94. The summed E-state index contributed by atoms with van der Waals surface area (Å²) in [6, 6.07) is 4.80. The summed E-state index contributed by atoms with van der Waals surface area (Å²) in [6.07, 6.45) is 4.26. The minimum absolute atomic E-state index is 0.0985. The summed E-state index contributed by atoms with van der Waals surface area (Å²) in [5.74, 6) is 0.677. The number of hydrogen-bond donors (Lipinski definition) is 1. The molecule has 1 aromatic rings. The fourth-order valence-corrected chi connectivity index (χ4v) is 3.77. The van der Waals surface area contributed by atoms with Crippen molar-refractivity contribution in [3.8, 4) is 11.5 Å². The Morgan fingerprint density at radius 2 is 2.04 bits per heavy atom. The van der Waals surface area contributed by atoms with Gasteiger partial charge in [-0.3, -0.25) is 9.59 Å². The molecule has 1 aliphatic heterocycles. The Kier molecular flexibility index (Phi) is 5.16. The molecule has 1 unspecified atom stereocenters. The lowest BCUT2D eigenvalue weighted by Crippen LogP contribution is -2.48. The van der Waals surface area contributed by atoms with Gasteiger partial charge < -0.3 is 19.7 Å². The van der Waals surface area contributed by atoms with E-state index in [-0.39, 0.29) is 30.5 Å². The first-order valence-electron chi connectivity index (χ1n) is 8.94. The summed E-state index contributed by atoms with van der Waals surface area (Å²) in [7, 11) is 1.56. The molecule has 3 rings (SSSR count). The fraction of sp³-hybridized carbons (Fsp3) is 0.579. The molecule has 0 radical (unpaired) electrons. The highest BCUT2D eigenvalue weighted by atomic mass is 16.5. The van der Waals surface area contributed by atoms with Gasteiger partial charge in [-0.25, -0.2) is 0 Å². The van der Waals surface area contributed by atoms with Crippen molar-refractivity contribution >= 4 is 11.8 Å². The molecule has 1 atom stereocenters. The first kappa shape index (κ1) is 17.6. The Bertz CT molecular complexity index is 653. The summed E-state index contributed by atoms with van der Waals surface area (Å²) >= 11 is 0. The third kappa shape index (κ3) is 3.43. The number of nitrogens with one attached hydrogen (secondary N) is 1. The van der Waals surface area contributed by atoms with Crippen LogP contribution in [-0.4, -0.2) is 42.5 Å². The van der Waals surface area contributed by atoms with Gasteiger partial charge in [-0.1, -0.05) is 25.0 Å². The monoisotopic (exact) mass is 346 g/mol. The number of carbonyl (C=O) groups excluding carboxylic acids is 2. The second kappa shape index (κ2) is 7.33. The van der Waals surface area contributed by atoms with E-state index in [4.69, 9.17) is 9.47 Å². The summed E-state index contributed by atoms with van der Waals surface area (Å²) in [5.41, 5.74) is 0.675.